The normalized spacial score (nSPS) is 10.0. The number of halogens is 1. The molecule has 0 radical (unpaired) electrons. The molecule has 0 aromatic heterocycles. The molecule has 4 nitrogen and oxygen atoms in total. The number of esters is 1. The second kappa shape index (κ2) is 6.54. The number of methoxy groups -OCH3 is 1. The van der Waals surface area contributed by atoms with Gasteiger partial charge in [0.25, 0.3) is 5.91 Å². The van der Waals surface area contributed by atoms with Crippen LogP contribution in [-0.2, 0) is 4.74 Å². The van der Waals surface area contributed by atoms with Crippen molar-refractivity contribution in [2.24, 2.45) is 0 Å². The molecule has 0 aliphatic carbocycles. The van der Waals surface area contributed by atoms with Crippen LogP contribution >= 0.6 is 15.9 Å². The highest BCUT2D eigenvalue weighted by molar-refractivity contribution is 9.10. The lowest BCUT2D eigenvalue weighted by Gasteiger charge is -2.09. The molecule has 0 saturated heterocycles. The first kappa shape index (κ1) is 15.3. The van der Waals surface area contributed by atoms with E-state index in [4.69, 9.17) is 0 Å². The second-order valence-corrected chi connectivity index (χ2v) is 5.40. The number of aryl methyl sites for hydroxylation is 1. The van der Waals surface area contributed by atoms with Crippen LogP contribution in [0.3, 0.4) is 0 Å². The average molecular weight is 348 g/mol. The minimum atomic E-state index is -0.425. The number of amides is 1. The topological polar surface area (TPSA) is 55.4 Å². The van der Waals surface area contributed by atoms with E-state index in [1.54, 1.807) is 24.3 Å². The van der Waals surface area contributed by atoms with Crippen LogP contribution in [0.2, 0.25) is 0 Å². The number of rotatable bonds is 3. The van der Waals surface area contributed by atoms with Gasteiger partial charge >= 0.3 is 5.97 Å². The van der Waals surface area contributed by atoms with Gasteiger partial charge in [-0.3, -0.25) is 4.79 Å². The summed E-state index contributed by atoms with van der Waals surface area (Å²) in [4.78, 5) is 23.5. The van der Waals surface area contributed by atoms with Gasteiger partial charge in [0.15, 0.2) is 0 Å². The average Bonchev–Trinajstić information content (AvgIpc) is 2.49. The van der Waals surface area contributed by atoms with Crippen LogP contribution in [0.15, 0.2) is 46.9 Å². The summed E-state index contributed by atoms with van der Waals surface area (Å²) in [5.74, 6) is -0.650. The van der Waals surface area contributed by atoms with Crippen molar-refractivity contribution < 1.29 is 14.3 Å². The van der Waals surface area contributed by atoms with E-state index in [-0.39, 0.29) is 5.91 Å². The fourth-order valence-electron chi connectivity index (χ4n) is 1.84. The fourth-order valence-corrected chi connectivity index (χ4v) is 2.31. The van der Waals surface area contributed by atoms with Crippen molar-refractivity contribution in [3.05, 3.63) is 63.6 Å². The molecule has 0 aliphatic rings. The Bertz CT molecular complexity index is 680. The molecule has 108 valence electrons. The van der Waals surface area contributed by atoms with Crippen molar-refractivity contribution in [2.75, 3.05) is 12.4 Å². The molecule has 0 bridgehead atoms. The van der Waals surface area contributed by atoms with Crippen LogP contribution in [0.5, 0.6) is 0 Å². The van der Waals surface area contributed by atoms with E-state index in [0.29, 0.717) is 11.1 Å². The van der Waals surface area contributed by atoms with Crippen LogP contribution in [0.25, 0.3) is 0 Å². The Kier molecular flexibility index (Phi) is 4.75. The third-order valence-electron chi connectivity index (χ3n) is 3.00. The molecule has 1 amide bonds. The summed E-state index contributed by atoms with van der Waals surface area (Å²) in [6.07, 6.45) is 0. The van der Waals surface area contributed by atoms with Gasteiger partial charge in [0.2, 0.25) is 0 Å². The lowest BCUT2D eigenvalue weighted by molar-refractivity contribution is 0.0600. The summed E-state index contributed by atoms with van der Waals surface area (Å²) in [7, 11) is 1.32. The van der Waals surface area contributed by atoms with E-state index in [1.165, 1.54) is 7.11 Å². The molecule has 0 spiro atoms. The predicted molar refractivity (Wildman–Crippen MR) is 84.6 cm³/mol. The van der Waals surface area contributed by atoms with Gasteiger partial charge < -0.3 is 10.1 Å². The molecule has 0 fully saturated rings. The maximum atomic E-state index is 12.2. The van der Waals surface area contributed by atoms with Crippen molar-refractivity contribution in [1.82, 2.24) is 0 Å². The number of hydrogen-bond acceptors (Lipinski definition) is 3. The summed E-state index contributed by atoms with van der Waals surface area (Å²) in [6.45, 7) is 1.92. The lowest BCUT2D eigenvalue weighted by Crippen LogP contribution is -2.13. The zero-order valence-corrected chi connectivity index (χ0v) is 13.2. The van der Waals surface area contributed by atoms with Crippen molar-refractivity contribution >= 4 is 33.5 Å². The number of benzene rings is 2. The summed E-state index contributed by atoms with van der Waals surface area (Å²) in [5, 5.41) is 2.84. The molecular formula is C16H14BrNO3. The highest BCUT2D eigenvalue weighted by atomic mass is 79.9. The van der Waals surface area contributed by atoms with Crippen LogP contribution in [0.1, 0.15) is 26.3 Å². The molecule has 0 unspecified atom stereocenters. The molecule has 0 aliphatic heterocycles. The van der Waals surface area contributed by atoms with E-state index in [9.17, 15) is 9.59 Å². The number of carbonyl (C=O) groups excluding carboxylic acids is 2. The first-order valence-corrected chi connectivity index (χ1v) is 7.06. The van der Waals surface area contributed by atoms with E-state index in [1.807, 2.05) is 25.1 Å². The number of anilines is 1. The van der Waals surface area contributed by atoms with Crippen molar-refractivity contribution in [2.45, 2.75) is 6.92 Å². The minimum Gasteiger partial charge on any atom is -0.465 e. The summed E-state index contributed by atoms with van der Waals surface area (Å²) in [6, 6.07) is 11.9. The first-order chi connectivity index (χ1) is 10.0. The standard InChI is InChI=1S/C16H14BrNO3/c1-10-9-13(17)7-8-14(10)18-15(19)11-3-5-12(6-4-11)16(20)21-2/h3-9H,1-2H3,(H,18,19). The summed E-state index contributed by atoms with van der Waals surface area (Å²) in [5.41, 5.74) is 2.60. The van der Waals surface area contributed by atoms with Gasteiger partial charge in [-0.1, -0.05) is 15.9 Å². The quantitative estimate of drug-likeness (QED) is 0.859. The van der Waals surface area contributed by atoms with Crippen molar-refractivity contribution in [1.29, 1.82) is 0 Å². The van der Waals surface area contributed by atoms with Crippen molar-refractivity contribution in [3.63, 3.8) is 0 Å². The first-order valence-electron chi connectivity index (χ1n) is 6.27. The monoisotopic (exact) mass is 347 g/mol. The largest absolute Gasteiger partial charge is 0.465 e. The number of ether oxygens (including phenoxy) is 1. The molecule has 0 saturated carbocycles. The Hall–Kier alpha value is -2.14. The Labute approximate surface area is 131 Å². The van der Waals surface area contributed by atoms with Gasteiger partial charge in [-0.05, 0) is 55.0 Å². The molecule has 5 heteroatoms. The third kappa shape index (κ3) is 3.70. The molecule has 2 rings (SSSR count). The Balaban J connectivity index is 2.15. The van der Waals surface area contributed by atoms with Gasteiger partial charge in [0.05, 0.1) is 12.7 Å². The molecular weight excluding hydrogens is 334 g/mol. The smallest absolute Gasteiger partial charge is 0.337 e. The van der Waals surface area contributed by atoms with Crippen LogP contribution in [0, 0.1) is 6.92 Å². The number of nitrogens with one attached hydrogen (secondary N) is 1. The Morgan fingerprint density at radius 2 is 1.67 bits per heavy atom. The van der Waals surface area contributed by atoms with Gasteiger partial charge in [-0.15, -0.1) is 0 Å². The van der Waals surface area contributed by atoms with E-state index < -0.39 is 5.97 Å². The molecule has 2 aromatic carbocycles. The molecule has 2 aromatic rings. The minimum absolute atomic E-state index is 0.225. The lowest BCUT2D eigenvalue weighted by atomic mass is 10.1. The number of hydrogen-bond donors (Lipinski definition) is 1. The van der Waals surface area contributed by atoms with Gasteiger partial charge in [0, 0.05) is 15.7 Å². The summed E-state index contributed by atoms with van der Waals surface area (Å²) < 4.78 is 5.57. The van der Waals surface area contributed by atoms with Gasteiger partial charge in [-0.25, -0.2) is 4.79 Å². The predicted octanol–water partition coefficient (Wildman–Crippen LogP) is 3.80. The third-order valence-corrected chi connectivity index (χ3v) is 3.50. The molecule has 1 N–H and O–H groups in total. The van der Waals surface area contributed by atoms with Gasteiger partial charge in [-0.2, -0.15) is 0 Å². The highest BCUT2D eigenvalue weighted by Gasteiger charge is 2.10. The van der Waals surface area contributed by atoms with E-state index >= 15 is 0 Å². The highest BCUT2D eigenvalue weighted by Crippen LogP contribution is 2.20. The number of carbonyl (C=O) groups is 2. The SMILES string of the molecule is COC(=O)c1ccc(C(=O)Nc2ccc(Br)cc2C)cc1. The molecule has 0 atom stereocenters. The van der Waals surface area contributed by atoms with E-state index in [2.05, 4.69) is 26.0 Å². The maximum Gasteiger partial charge on any atom is 0.337 e. The Morgan fingerprint density at radius 1 is 1.05 bits per heavy atom. The van der Waals surface area contributed by atoms with Gasteiger partial charge in [0.1, 0.15) is 0 Å². The molecule has 0 heterocycles. The van der Waals surface area contributed by atoms with Crippen LogP contribution < -0.4 is 5.32 Å². The maximum absolute atomic E-state index is 12.2. The second-order valence-electron chi connectivity index (χ2n) is 4.48. The zero-order chi connectivity index (χ0) is 15.4. The van der Waals surface area contributed by atoms with Crippen LogP contribution in [0.4, 0.5) is 5.69 Å². The zero-order valence-electron chi connectivity index (χ0n) is 11.6. The Morgan fingerprint density at radius 3 is 2.24 bits per heavy atom. The summed E-state index contributed by atoms with van der Waals surface area (Å²) >= 11 is 3.38. The van der Waals surface area contributed by atoms with E-state index in [0.717, 1.165) is 15.7 Å². The van der Waals surface area contributed by atoms with Crippen LogP contribution in [-0.4, -0.2) is 19.0 Å². The molecule has 21 heavy (non-hydrogen) atoms. The van der Waals surface area contributed by atoms with Crippen molar-refractivity contribution in [3.8, 4) is 0 Å². The fraction of sp³-hybridized carbons (Fsp3) is 0.125.